The minimum Gasteiger partial charge on any atom is -0.359 e. The van der Waals surface area contributed by atoms with E-state index in [1.807, 2.05) is 18.2 Å². The monoisotopic (exact) mass is 362 g/mol. The Morgan fingerprint density at radius 2 is 1.90 bits per heavy atom. The fourth-order valence-corrected chi connectivity index (χ4v) is 2.83. The zero-order valence-electron chi connectivity index (χ0n) is 11.6. The summed E-state index contributed by atoms with van der Waals surface area (Å²) in [6.45, 7) is -0.237. The molecule has 2 aliphatic rings. The van der Waals surface area contributed by atoms with Crippen LogP contribution in [0.25, 0.3) is 0 Å². The number of hydrogen-bond donors (Lipinski definition) is 1. The van der Waals surface area contributed by atoms with Gasteiger partial charge in [0.15, 0.2) is 0 Å². The van der Waals surface area contributed by atoms with Gasteiger partial charge in [-0.2, -0.15) is 13.2 Å². The van der Waals surface area contributed by atoms with Gasteiger partial charge in [-0.3, -0.25) is 0 Å². The minimum atomic E-state index is -4.17. The summed E-state index contributed by atoms with van der Waals surface area (Å²) in [6.07, 6.45) is -0.149. The second kappa shape index (κ2) is 5.80. The molecule has 0 saturated heterocycles. The van der Waals surface area contributed by atoms with E-state index in [1.54, 1.807) is 0 Å². The van der Waals surface area contributed by atoms with Crippen molar-refractivity contribution in [3.63, 3.8) is 0 Å². The molecular formula is C15H18BrF3N2. The number of anilines is 1. The normalized spacial score (nSPS) is 18.9. The zero-order chi connectivity index (χ0) is 15.0. The molecule has 0 atom stereocenters. The van der Waals surface area contributed by atoms with Gasteiger partial charge in [0.05, 0.1) is 0 Å². The van der Waals surface area contributed by atoms with E-state index in [1.165, 1.54) is 17.7 Å². The number of alkyl halides is 3. The lowest BCUT2D eigenvalue weighted by Crippen LogP contribution is -2.37. The number of hydrogen-bond acceptors (Lipinski definition) is 2. The molecule has 2 saturated carbocycles. The first kappa shape index (κ1) is 15.2. The van der Waals surface area contributed by atoms with E-state index >= 15 is 0 Å². The van der Waals surface area contributed by atoms with Crippen molar-refractivity contribution < 1.29 is 13.2 Å². The maximum absolute atomic E-state index is 12.9. The van der Waals surface area contributed by atoms with Crippen LogP contribution >= 0.6 is 15.9 Å². The van der Waals surface area contributed by atoms with Crippen molar-refractivity contribution in [2.45, 2.75) is 50.5 Å². The summed E-state index contributed by atoms with van der Waals surface area (Å²) < 4.78 is 39.4. The maximum Gasteiger partial charge on any atom is 0.405 e. The van der Waals surface area contributed by atoms with Crippen LogP contribution in [0.15, 0.2) is 22.7 Å². The summed E-state index contributed by atoms with van der Waals surface area (Å²) >= 11 is 3.38. The quantitative estimate of drug-likeness (QED) is 0.814. The van der Waals surface area contributed by atoms with E-state index in [0.29, 0.717) is 18.3 Å². The van der Waals surface area contributed by atoms with Crippen LogP contribution in [0, 0.1) is 0 Å². The van der Waals surface area contributed by atoms with E-state index < -0.39 is 12.7 Å². The Morgan fingerprint density at radius 1 is 1.19 bits per heavy atom. The first-order chi connectivity index (χ1) is 9.92. The van der Waals surface area contributed by atoms with Crippen molar-refractivity contribution in [3.8, 4) is 0 Å². The summed E-state index contributed by atoms with van der Waals surface area (Å²) in [7, 11) is 0. The van der Waals surface area contributed by atoms with Crippen molar-refractivity contribution in [3.05, 3.63) is 28.2 Å². The number of benzene rings is 1. The number of rotatable bonds is 6. The molecule has 0 spiro atoms. The zero-order valence-corrected chi connectivity index (χ0v) is 13.2. The Kier molecular flexibility index (Phi) is 4.19. The van der Waals surface area contributed by atoms with Gasteiger partial charge in [-0.1, -0.05) is 22.0 Å². The van der Waals surface area contributed by atoms with E-state index in [9.17, 15) is 13.2 Å². The second-order valence-electron chi connectivity index (χ2n) is 5.90. The molecule has 1 aromatic rings. The molecule has 0 aromatic heterocycles. The highest BCUT2D eigenvalue weighted by Gasteiger charge is 2.39. The van der Waals surface area contributed by atoms with Crippen molar-refractivity contribution in [2.75, 3.05) is 11.4 Å². The van der Waals surface area contributed by atoms with Crippen LogP contribution in [0.4, 0.5) is 18.9 Å². The van der Waals surface area contributed by atoms with Crippen LogP contribution in [0.1, 0.15) is 31.2 Å². The molecular weight excluding hydrogens is 345 g/mol. The molecule has 116 valence electrons. The van der Waals surface area contributed by atoms with Crippen LogP contribution in [0.3, 0.4) is 0 Å². The van der Waals surface area contributed by atoms with Gasteiger partial charge < -0.3 is 10.2 Å². The predicted molar refractivity (Wildman–Crippen MR) is 80.4 cm³/mol. The molecule has 1 N–H and O–H groups in total. The first-order valence-corrected chi connectivity index (χ1v) is 8.07. The maximum atomic E-state index is 12.9. The molecule has 0 aliphatic heterocycles. The average molecular weight is 363 g/mol. The van der Waals surface area contributed by atoms with Crippen LogP contribution < -0.4 is 10.2 Å². The first-order valence-electron chi connectivity index (χ1n) is 7.27. The Morgan fingerprint density at radius 3 is 2.48 bits per heavy atom. The molecule has 21 heavy (non-hydrogen) atoms. The minimum absolute atomic E-state index is 0.0283. The van der Waals surface area contributed by atoms with Gasteiger partial charge in [-0.25, -0.2) is 0 Å². The standard InChI is InChI=1S/C15H18BrF3N2/c16-11-2-1-10(8-20-12-3-4-12)14(7-11)21(13-5-6-13)9-15(17,18)19/h1-2,7,12-13,20H,3-6,8-9H2. The molecule has 2 aliphatic carbocycles. The van der Waals surface area contributed by atoms with Gasteiger partial charge >= 0.3 is 6.18 Å². The fourth-order valence-electron chi connectivity index (χ4n) is 2.49. The summed E-state index contributed by atoms with van der Waals surface area (Å²) in [5.41, 5.74) is 1.65. The summed E-state index contributed by atoms with van der Waals surface area (Å²) in [5.74, 6) is 0. The van der Waals surface area contributed by atoms with E-state index in [2.05, 4.69) is 21.2 Å². The molecule has 0 heterocycles. The number of nitrogens with zero attached hydrogens (tertiary/aromatic N) is 1. The largest absolute Gasteiger partial charge is 0.405 e. The summed E-state index contributed by atoms with van der Waals surface area (Å²) in [6, 6.07) is 6.19. The highest BCUT2D eigenvalue weighted by molar-refractivity contribution is 9.10. The van der Waals surface area contributed by atoms with Crippen LogP contribution in [0.2, 0.25) is 0 Å². The van der Waals surface area contributed by atoms with Crippen LogP contribution in [-0.4, -0.2) is 24.8 Å². The van der Waals surface area contributed by atoms with Crippen molar-refractivity contribution in [1.82, 2.24) is 5.32 Å². The van der Waals surface area contributed by atoms with Gasteiger partial charge in [0.1, 0.15) is 6.54 Å². The molecule has 0 bridgehead atoms. The van der Waals surface area contributed by atoms with Crippen molar-refractivity contribution >= 4 is 21.6 Å². The van der Waals surface area contributed by atoms with Crippen molar-refractivity contribution in [1.29, 1.82) is 0 Å². The third-order valence-corrected chi connectivity index (χ3v) is 4.35. The average Bonchev–Trinajstić information content (AvgIpc) is 3.25. The van der Waals surface area contributed by atoms with Crippen LogP contribution in [-0.2, 0) is 6.54 Å². The van der Waals surface area contributed by atoms with E-state index in [-0.39, 0.29) is 6.04 Å². The SMILES string of the molecule is FC(F)(F)CN(c1cc(Br)ccc1CNC1CC1)C1CC1. The van der Waals surface area contributed by atoms with Crippen molar-refractivity contribution in [2.24, 2.45) is 0 Å². The molecule has 0 radical (unpaired) electrons. The van der Waals surface area contributed by atoms with E-state index in [0.717, 1.165) is 22.9 Å². The molecule has 0 unspecified atom stereocenters. The van der Waals surface area contributed by atoms with Gasteiger partial charge in [0.25, 0.3) is 0 Å². The lowest BCUT2D eigenvalue weighted by Gasteiger charge is -2.28. The Balaban J connectivity index is 1.83. The topological polar surface area (TPSA) is 15.3 Å². The third kappa shape index (κ3) is 4.36. The highest BCUT2D eigenvalue weighted by atomic mass is 79.9. The predicted octanol–water partition coefficient (Wildman–Crippen LogP) is 4.23. The number of halogens is 4. The lowest BCUT2D eigenvalue weighted by molar-refractivity contribution is -0.120. The summed E-state index contributed by atoms with van der Waals surface area (Å²) in [5, 5.41) is 3.39. The summed E-state index contributed by atoms with van der Waals surface area (Å²) in [4.78, 5) is 1.52. The molecule has 2 fully saturated rings. The van der Waals surface area contributed by atoms with Gasteiger partial charge in [0.2, 0.25) is 0 Å². The van der Waals surface area contributed by atoms with Gasteiger partial charge in [-0.15, -0.1) is 0 Å². The van der Waals surface area contributed by atoms with Gasteiger partial charge in [-0.05, 0) is 43.4 Å². The van der Waals surface area contributed by atoms with Gasteiger partial charge in [0, 0.05) is 28.8 Å². The number of nitrogens with one attached hydrogen (secondary N) is 1. The molecule has 1 aromatic carbocycles. The van der Waals surface area contributed by atoms with E-state index in [4.69, 9.17) is 0 Å². The lowest BCUT2D eigenvalue weighted by atomic mass is 10.1. The third-order valence-electron chi connectivity index (χ3n) is 3.85. The second-order valence-corrected chi connectivity index (χ2v) is 6.82. The smallest absolute Gasteiger partial charge is 0.359 e. The Labute approximate surface area is 130 Å². The molecule has 0 amide bonds. The van der Waals surface area contributed by atoms with Crippen LogP contribution in [0.5, 0.6) is 0 Å². The molecule has 3 rings (SSSR count). The molecule has 2 nitrogen and oxygen atoms in total. The highest BCUT2D eigenvalue weighted by Crippen LogP contribution is 2.37. The Hall–Kier alpha value is -0.750. The Bertz CT molecular complexity index is 510. The fraction of sp³-hybridized carbons (Fsp3) is 0.600. The molecule has 6 heteroatoms.